The maximum atomic E-state index is 11.7. The summed E-state index contributed by atoms with van der Waals surface area (Å²) in [6.07, 6.45) is 4.03. The molecule has 120 valence electrons. The Balaban J connectivity index is 1.58. The molecule has 0 fully saturated rings. The van der Waals surface area contributed by atoms with Crippen molar-refractivity contribution >= 4 is 23.6 Å². The van der Waals surface area contributed by atoms with E-state index in [4.69, 9.17) is 16.3 Å². The smallest absolute Gasteiger partial charge is 0.244 e. The molecule has 0 heterocycles. The molecule has 0 aromatic heterocycles. The topological polar surface area (TPSA) is 38.3 Å². The third kappa shape index (κ3) is 7.13. The molecule has 3 nitrogen and oxygen atoms in total. The molecule has 1 amide bonds. The van der Waals surface area contributed by atoms with Crippen LogP contribution < -0.4 is 5.32 Å². The van der Waals surface area contributed by atoms with Crippen LogP contribution in [0.15, 0.2) is 60.7 Å². The first-order valence-corrected chi connectivity index (χ1v) is 7.95. The molecule has 0 aliphatic rings. The highest BCUT2D eigenvalue weighted by molar-refractivity contribution is 6.30. The molecule has 1 N–H and O–H groups in total. The van der Waals surface area contributed by atoms with Gasteiger partial charge in [-0.25, -0.2) is 0 Å². The number of hydrogen-bond donors (Lipinski definition) is 1. The summed E-state index contributed by atoms with van der Waals surface area (Å²) in [4.78, 5) is 11.7. The molecular weight excluding hydrogens is 310 g/mol. The van der Waals surface area contributed by atoms with Crippen molar-refractivity contribution in [1.82, 2.24) is 5.32 Å². The van der Waals surface area contributed by atoms with Crippen molar-refractivity contribution < 1.29 is 9.53 Å². The van der Waals surface area contributed by atoms with Gasteiger partial charge in [0.1, 0.15) is 0 Å². The van der Waals surface area contributed by atoms with Gasteiger partial charge in [-0.05, 0) is 35.8 Å². The number of halogens is 1. The molecule has 2 aromatic rings. The molecule has 2 rings (SSSR count). The normalized spacial score (nSPS) is 10.8. The molecule has 4 heteroatoms. The summed E-state index contributed by atoms with van der Waals surface area (Å²) in [5.41, 5.74) is 2.06. The molecule has 0 atom stereocenters. The van der Waals surface area contributed by atoms with Gasteiger partial charge in [0, 0.05) is 24.3 Å². The van der Waals surface area contributed by atoms with E-state index in [2.05, 4.69) is 5.32 Å². The van der Waals surface area contributed by atoms with Crippen molar-refractivity contribution in [3.63, 3.8) is 0 Å². The van der Waals surface area contributed by atoms with E-state index in [1.54, 1.807) is 12.1 Å². The molecule has 0 radical (unpaired) electrons. The Kier molecular flexibility index (Phi) is 7.37. The van der Waals surface area contributed by atoms with Gasteiger partial charge in [-0.1, -0.05) is 54.1 Å². The first-order chi connectivity index (χ1) is 11.2. The molecular formula is C19H20ClNO2. The quantitative estimate of drug-likeness (QED) is 0.585. The first kappa shape index (κ1) is 17.3. The fourth-order valence-electron chi connectivity index (χ4n) is 1.99. The highest BCUT2D eigenvalue weighted by Gasteiger charge is 1.96. The van der Waals surface area contributed by atoms with Gasteiger partial charge in [0.25, 0.3) is 0 Å². The van der Waals surface area contributed by atoms with Gasteiger partial charge >= 0.3 is 0 Å². The van der Waals surface area contributed by atoms with Gasteiger partial charge in [0.15, 0.2) is 0 Å². The van der Waals surface area contributed by atoms with Crippen LogP contribution in [0.2, 0.25) is 5.02 Å². The van der Waals surface area contributed by atoms with Gasteiger partial charge in [0.2, 0.25) is 5.91 Å². The van der Waals surface area contributed by atoms with Crippen LogP contribution in [0.25, 0.3) is 6.08 Å². The van der Waals surface area contributed by atoms with E-state index in [0.29, 0.717) is 24.8 Å². The van der Waals surface area contributed by atoms with Crippen molar-refractivity contribution in [1.29, 1.82) is 0 Å². The van der Waals surface area contributed by atoms with Gasteiger partial charge in [-0.2, -0.15) is 0 Å². The first-order valence-electron chi connectivity index (χ1n) is 7.57. The zero-order valence-corrected chi connectivity index (χ0v) is 13.6. The second-order valence-electron chi connectivity index (χ2n) is 5.07. The molecule has 0 saturated carbocycles. The molecule has 0 bridgehead atoms. The average Bonchev–Trinajstić information content (AvgIpc) is 2.57. The maximum Gasteiger partial charge on any atom is 0.244 e. The predicted molar refractivity (Wildman–Crippen MR) is 94.2 cm³/mol. The van der Waals surface area contributed by atoms with Crippen LogP contribution in [-0.2, 0) is 16.1 Å². The number of amides is 1. The lowest BCUT2D eigenvalue weighted by molar-refractivity contribution is -0.116. The zero-order chi connectivity index (χ0) is 16.3. The van der Waals surface area contributed by atoms with Crippen LogP contribution in [0.3, 0.4) is 0 Å². The minimum atomic E-state index is -0.118. The Labute approximate surface area is 141 Å². The van der Waals surface area contributed by atoms with Crippen LogP contribution in [0.4, 0.5) is 0 Å². The number of benzene rings is 2. The standard InChI is InChI=1S/C19H20ClNO2/c20-18-9-4-8-16(14-18)10-11-19(22)21-12-5-13-23-15-17-6-2-1-3-7-17/h1-4,6-11,14H,5,12-13,15H2,(H,21,22)/b11-10+. The third-order valence-electron chi connectivity index (χ3n) is 3.15. The second kappa shape index (κ2) is 9.82. The minimum Gasteiger partial charge on any atom is -0.377 e. The molecule has 0 unspecified atom stereocenters. The lowest BCUT2D eigenvalue weighted by Gasteiger charge is -2.05. The van der Waals surface area contributed by atoms with Crippen molar-refractivity contribution in [2.45, 2.75) is 13.0 Å². The SMILES string of the molecule is O=C(/C=C/c1cccc(Cl)c1)NCCCOCc1ccccc1. The van der Waals surface area contributed by atoms with Crippen molar-refractivity contribution in [2.24, 2.45) is 0 Å². The molecule has 0 aliphatic heterocycles. The lowest BCUT2D eigenvalue weighted by atomic mass is 10.2. The van der Waals surface area contributed by atoms with Crippen molar-refractivity contribution in [3.05, 3.63) is 76.8 Å². The third-order valence-corrected chi connectivity index (χ3v) is 3.39. The summed E-state index contributed by atoms with van der Waals surface area (Å²) in [7, 11) is 0. The zero-order valence-electron chi connectivity index (χ0n) is 12.9. The summed E-state index contributed by atoms with van der Waals surface area (Å²) >= 11 is 5.89. The number of carbonyl (C=O) groups excluding carboxylic acids is 1. The largest absolute Gasteiger partial charge is 0.377 e. The predicted octanol–water partition coefficient (Wildman–Crippen LogP) is 4.08. The minimum absolute atomic E-state index is 0.118. The Morgan fingerprint density at radius 1 is 1.13 bits per heavy atom. The van der Waals surface area contributed by atoms with E-state index in [-0.39, 0.29) is 5.91 Å². The second-order valence-corrected chi connectivity index (χ2v) is 5.51. The molecule has 0 saturated heterocycles. The van der Waals surface area contributed by atoms with Gasteiger partial charge in [-0.15, -0.1) is 0 Å². The maximum absolute atomic E-state index is 11.7. The molecule has 23 heavy (non-hydrogen) atoms. The van der Waals surface area contributed by atoms with Crippen LogP contribution in [0.5, 0.6) is 0 Å². The Hall–Kier alpha value is -2.10. The molecule has 2 aromatic carbocycles. The van der Waals surface area contributed by atoms with Gasteiger partial charge in [-0.3, -0.25) is 4.79 Å². The average molecular weight is 330 g/mol. The number of rotatable bonds is 8. The Morgan fingerprint density at radius 3 is 2.74 bits per heavy atom. The summed E-state index contributed by atoms with van der Waals surface area (Å²) in [5.74, 6) is -0.118. The number of nitrogens with one attached hydrogen (secondary N) is 1. The Morgan fingerprint density at radius 2 is 1.96 bits per heavy atom. The fraction of sp³-hybridized carbons (Fsp3) is 0.211. The summed E-state index contributed by atoms with van der Waals surface area (Å²) in [6, 6.07) is 17.4. The number of ether oxygens (including phenoxy) is 1. The van der Waals surface area contributed by atoms with E-state index in [0.717, 1.165) is 17.5 Å². The van der Waals surface area contributed by atoms with Crippen molar-refractivity contribution in [3.8, 4) is 0 Å². The van der Waals surface area contributed by atoms with Gasteiger partial charge in [0.05, 0.1) is 6.61 Å². The van der Waals surface area contributed by atoms with E-state index < -0.39 is 0 Å². The number of carbonyl (C=O) groups is 1. The Bertz CT molecular complexity index is 641. The monoisotopic (exact) mass is 329 g/mol. The molecule has 0 aliphatic carbocycles. The lowest BCUT2D eigenvalue weighted by Crippen LogP contribution is -2.23. The van der Waals surface area contributed by atoms with Gasteiger partial charge < -0.3 is 10.1 Å². The molecule has 0 spiro atoms. The highest BCUT2D eigenvalue weighted by atomic mass is 35.5. The number of hydrogen-bond acceptors (Lipinski definition) is 2. The van der Waals surface area contributed by atoms with Crippen LogP contribution >= 0.6 is 11.6 Å². The highest BCUT2D eigenvalue weighted by Crippen LogP contribution is 2.11. The summed E-state index contributed by atoms with van der Waals surface area (Å²) < 4.78 is 5.56. The van der Waals surface area contributed by atoms with E-state index >= 15 is 0 Å². The summed E-state index contributed by atoms with van der Waals surface area (Å²) in [5, 5.41) is 3.48. The van der Waals surface area contributed by atoms with E-state index in [9.17, 15) is 4.79 Å². The van der Waals surface area contributed by atoms with E-state index in [1.165, 1.54) is 6.08 Å². The van der Waals surface area contributed by atoms with Crippen LogP contribution in [0.1, 0.15) is 17.5 Å². The fourth-order valence-corrected chi connectivity index (χ4v) is 2.19. The van der Waals surface area contributed by atoms with E-state index in [1.807, 2.05) is 48.5 Å². The van der Waals surface area contributed by atoms with Crippen LogP contribution in [-0.4, -0.2) is 19.1 Å². The summed E-state index contributed by atoms with van der Waals surface area (Å²) in [6.45, 7) is 1.81. The van der Waals surface area contributed by atoms with Crippen molar-refractivity contribution in [2.75, 3.05) is 13.2 Å². The van der Waals surface area contributed by atoms with Crippen LogP contribution in [0, 0.1) is 0 Å².